The molecule has 0 saturated carbocycles. The maximum atomic E-state index is 12.4. The third-order valence-electron chi connectivity index (χ3n) is 3.23. The molecule has 0 aliphatic rings. The lowest BCUT2D eigenvalue weighted by atomic mass is 9.65. The van der Waals surface area contributed by atoms with E-state index in [1.165, 1.54) is 0 Å². The standard InChI is InChI=1S/C13H26N2O/c1-9(14)15-13(7,8)12(5,6)10(16)11(2,3)4/h1-8H3,(H2,14,15). The maximum absolute atomic E-state index is 12.4. The first-order valence-electron chi connectivity index (χ1n) is 5.69. The summed E-state index contributed by atoms with van der Waals surface area (Å²) in [6.45, 7) is 15.3. The molecule has 0 aliphatic heterocycles. The SMILES string of the molecule is CC(N)=NC(C)(C)C(C)(C)C(=O)C(C)(C)C. The Balaban J connectivity index is 5.36. The molecular weight excluding hydrogens is 200 g/mol. The average Bonchev–Trinajstić information content (AvgIpc) is 1.98. The highest BCUT2D eigenvalue weighted by molar-refractivity contribution is 5.90. The van der Waals surface area contributed by atoms with Crippen LogP contribution in [0.2, 0.25) is 0 Å². The summed E-state index contributed by atoms with van der Waals surface area (Å²) < 4.78 is 0. The fourth-order valence-electron chi connectivity index (χ4n) is 1.80. The number of nitrogens with two attached hydrogens (primary N) is 1. The van der Waals surface area contributed by atoms with Crippen molar-refractivity contribution in [2.75, 3.05) is 0 Å². The first kappa shape index (κ1) is 15.1. The zero-order chi connectivity index (χ0) is 13.4. The van der Waals surface area contributed by atoms with Gasteiger partial charge in [0, 0.05) is 10.8 Å². The molecule has 0 unspecified atom stereocenters. The van der Waals surface area contributed by atoms with Crippen LogP contribution in [0.1, 0.15) is 55.4 Å². The van der Waals surface area contributed by atoms with Crippen LogP contribution >= 0.6 is 0 Å². The molecule has 0 fully saturated rings. The zero-order valence-corrected chi connectivity index (χ0v) is 11.9. The third kappa shape index (κ3) is 3.06. The molecular formula is C13H26N2O. The van der Waals surface area contributed by atoms with Crippen LogP contribution in [-0.4, -0.2) is 17.2 Å². The van der Waals surface area contributed by atoms with Crippen molar-refractivity contribution in [2.45, 2.75) is 60.9 Å². The highest BCUT2D eigenvalue weighted by atomic mass is 16.1. The second kappa shape index (κ2) is 4.19. The van der Waals surface area contributed by atoms with E-state index in [9.17, 15) is 4.79 Å². The van der Waals surface area contributed by atoms with Crippen LogP contribution in [0, 0.1) is 10.8 Å². The van der Waals surface area contributed by atoms with E-state index in [-0.39, 0.29) is 11.2 Å². The Labute approximate surface area is 99.5 Å². The Bertz CT molecular complexity index is 302. The molecule has 94 valence electrons. The summed E-state index contributed by atoms with van der Waals surface area (Å²) in [6, 6.07) is 0. The van der Waals surface area contributed by atoms with Crippen LogP contribution < -0.4 is 5.73 Å². The molecule has 0 aromatic heterocycles. The number of hydrogen-bond acceptors (Lipinski definition) is 2. The molecule has 0 aromatic carbocycles. The largest absolute Gasteiger partial charge is 0.388 e. The minimum absolute atomic E-state index is 0.204. The highest BCUT2D eigenvalue weighted by Gasteiger charge is 2.46. The van der Waals surface area contributed by atoms with Crippen LogP contribution in [0.25, 0.3) is 0 Å². The van der Waals surface area contributed by atoms with Crippen molar-refractivity contribution in [1.82, 2.24) is 0 Å². The van der Waals surface area contributed by atoms with Gasteiger partial charge in [-0.2, -0.15) is 0 Å². The van der Waals surface area contributed by atoms with Gasteiger partial charge in [0.25, 0.3) is 0 Å². The van der Waals surface area contributed by atoms with Gasteiger partial charge in [0.15, 0.2) is 0 Å². The molecule has 16 heavy (non-hydrogen) atoms. The number of ketones is 1. The van der Waals surface area contributed by atoms with E-state index in [1.807, 2.05) is 48.5 Å². The van der Waals surface area contributed by atoms with Gasteiger partial charge in [-0.05, 0) is 20.8 Å². The predicted molar refractivity (Wildman–Crippen MR) is 69.6 cm³/mol. The minimum atomic E-state index is -0.536. The molecule has 3 heteroatoms. The number of carbonyl (C=O) groups excluding carboxylic acids is 1. The normalized spacial score (nSPS) is 15.1. The van der Waals surface area contributed by atoms with Gasteiger partial charge in [0.05, 0.1) is 11.4 Å². The van der Waals surface area contributed by atoms with Crippen LogP contribution in [-0.2, 0) is 4.79 Å². The van der Waals surface area contributed by atoms with Crippen LogP contribution in [0.3, 0.4) is 0 Å². The Morgan fingerprint density at radius 1 is 1.00 bits per heavy atom. The lowest BCUT2D eigenvalue weighted by Gasteiger charge is -2.41. The molecule has 0 amide bonds. The smallest absolute Gasteiger partial charge is 0.146 e. The molecule has 0 spiro atoms. The van der Waals surface area contributed by atoms with Crippen molar-refractivity contribution < 1.29 is 4.79 Å². The number of hydrogen-bond donors (Lipinski definition) is 1. The number of nitrogens with zero attached hydrogens (tertiary/aromatic N) is 1. The number of amidine groups is 1. The van der Waals surface area contributed by atoms with Gasteiger partial charge in [-0.25, -0.2) is 0 Å². The summed E-state index contributed by atoms with van der Waals surface area (Å²) in [5, 5.41) is 0. The first-order valence-corrected chi connectivity index (χ1v) is 5.69. The van der Waals surface area contributed by atoms with E-state index in [2.05, 4.69) is 4.99 Å². The summed E-state index contributed by atoms with van der Waals surface area (Å²) in [6.07, 6.45) is 0. The van der Waals surface area contributed by atoms with Crippen molar-refractivity contribution in [1.29, 1.82) is 0 Å². The van der Waals surface area contributed by atoms with E-state index >= 15 is 0 Å². The van der Waals surface area contributed by atoms with E-state index in [0.717, 1.165) is 0 Å². The van der Waals surface area contributed by atoms with Crippen molar-refractivity contribution >= 4 is 11.6 Å². The molecule has 0 aliphatic carbocycles. The zero-order valence-electron chi connectivity index (χ0n) is 11.9. The second-order valence-electron chi connectivity index (χ2n) is 6.52. The maximum Gasteiger partial charge on any atom is 0.146 e. The van der Waals surface area contributed by atoms with Crippen LogP contribution in [0.15, 0.2) is 4.99 Å². The summed E-state index contributed by atoms with van der Waals surface area (Å²) in [7, 11) is 0. The molecule has 0 rings (SSSR count). The number of aliphatic imine (C=N–C) groups is 1. The fourth-order valence-corrected chi connectivity index (χ4v) is 1.80. The van der Waals surface area contributed by atoms with Gasteiger partial charge >= 0.3 is 0 Å². The summed E-state index contributed by atoms with van der Waals surface area (Å²) >= 11 is 0. The lowest BCUT2D eigenvalue weighted by Crippen LogP contribution is -2.49. The molecule has 0 aromatic rings. The second-order valence-corrected chi connectivity index (χ2v) is 6.52. The van der Waals surface area contributed by atoms with Crippen molar-refractivity contribution in [2.24, 2.45) is 21.6 Å². The van der Waals surface area contributed by atoms with Gasteiger partial charge in [0.2, 0.25) is 0 Å². The molecule has 3 nitrogen and oxygen atoms in total. The molecule has 0 atom stereocenters. The van der Waals surface area contributed by atoms with Gasteiger partial charge in [-0.15, -0.1) is 0 Å². The van der Waals surface area contributed by atoms with E-state index in [1.54, 1.807) is 6.92 Å². The molecule has 0 radical (unpaired) electrons. The first-order chi connectivity index (χ1) is 6.82. The van der Waals surface area contributed by atoms with Crippen molar-refractivity contribution in [3.05, 3.63) is 0 Å². The van der Waals surface area contributed by atoms with Gasteiger partial charge in [-0.3, -0.25) is 9.79 Å². The van der Waals surface area contributed by atoms with Crippen molar-refractivity contribution in [3.63, 3.8) is 0 Å². The number of carbonyl (C=O) groups is 1. The number of rotatable bonds is 3. The monoisotopic (exact) mass is 226 g/mol. The molecule has 0 heterocycles. The summed E-state index contributed by atoms with van der Waals surface area (Å²) in [4.78, 5) is 16.8. The Kier molecular flexibility index (Phi) is 3.96. The van der Waals surface area contributed by atoms with Gasteiger partial charge in [0.1, 0.15) is 5.78 Å². The molecule has 0 saturated heterocycles. The topological polar surface area (TPSA) is 55.4 Å². The van der Waals surface area contributed by atoms with E-state index < -0.39 is 11.0 Å². The quantitative estimate of drug-likeness (QED) is 0.594. The average molecular weight is 226 g/mol. The summed E-state index contributed by atoms with van der Waals surface area (Å²) in [5.41, 5.74) is 4.24. The van der Waals surface area contributed by atoms with Gasteiger partial charge < -0.3 is 5.73 Å². The number of Topliss-reactive ketones (excluding diaryl/α,β-unsaturated/α-hetero) is 1. The summed E-state index contributed by atoms with van der Waals surface area (Å²) in [5.74, 6) is 0.717. The lowest BCUT2D eigenvalue weighted by molar-refractivity contribution is -0.137. The Morgan fingerprint density at radius 2 is 1.38 bits per heavy atom. The predicted octanol–water partition coefficient (Wildman–Crippen LogP) is 2.78. The minimum Gasteiger partial charge on any atom is -0.388 e. The van der Waals surface area contributed by atoms with E-state index in [0.29, 0.717) is 5.84 Å². The van der Waals surface area contributed by atoms with E-state index in [4.69, 9.17) is 5.73 Å². The highest BCUT2D eigenvalue weighted by Crippen LogP contribution is 2.40. The fraction of sp³-hybridized carbons (Fsp3) is 0.846. The van der Waals surface area contributed by atoms with Gasteiger partial charge in [-0.1, -0.05) is 34.6 Å². The van der Waals surface area contributed by atoms with Crippen molar-refractivity contribution in [3.8, 4) is 0 Å². The molecule has 0 bridgehead atoms. The Morgan fingerprint density at radius 3 is 1.62 bits per heavy atom. The van der Waals surface area contributed by atoms with Crippen LogP contribution in [0.5, 0.6) is 0 Å². The molecule has 2 N–H and O–H groups in total. The third-order valence-corrected chi connectivity index (χ3v) is 3.23. The Hall–Kier alpha value is -0.860. The van der Waals surface area contributed by atoms with Crippen LogP contribution in [0.4, 0.5) is 0 Å².